The van der Waals surface area contributed by atoms with Crippen LogP contribution in [0, 0.1) is 17.8 Å². The summed E-state index contributed by atoms with van der Waals surface area (Å²) >= 11 is 0. The quantitative estimate of drug-likeness (QED) is 0.648. The molecule has 0 aromatic heterocycles. The maximum atomic E-state index is 13.1. The van der Waals surface area contributed by atoms with Crippen molar-refractivity contribution in [1.82, 2.24) is 5.32 Å². The predicted octanol–water partition coefficient (Wildman–Crippen LogP) is 2.60. The molecule has 7 nitrogen and oxygen atoms in total. The average Bonchev–Trinajstić information content (AvgIpc) is 2.92. The van der Waals surface area contributed by atoms with Crippen molar-refractivity contribution in [3.63, 3.8) is 0 Å². The smallest absolute Gasteiger partial charge is 0.329 e. The number of methoxy groups -OCH3 is 1. The Morgan fingerprint density at radius 1 is 1.24 bits per heavy atom. The second-order valence-corrected chi connectivity index (χ2v) is 11.5. The fourth-order valence-corrected chi connectivity index (χ4v) is 6.29. The van der Waals surface area contributed by atoms with Gasteiger partial charge in [0.15, 0.2) is 9.84 Å². The van der Waals surface area contributed by atoms with Crippen LogP contribution in [0.3, 0.4) is 0 Å². The molecule has 0 aromatic rings. The van der Waals surface area contributed by atoms with E-state index in [0.717, 1.165) is 31.4 Å². The molecule has 8 heteroatoms. The van der Waals surface area contributed by atoms with Gasteiger partial charge in [0.1, 0.15) is 11.6 Å². The van der Waals surface area contributed by atoms with E-state index in [9.17, 15) is 18.0 Å². The van der Waals surface area contributed by atoms with E-state index in [1.165, 1.54) is 12.7 Å². The fourth-order valence-electron chi connectivity index (χ4n) is 4.21. The molecule has 166 valence electrons. The Labute approximate surface area is 174 Å². The van der Waals surface area contributed by atoms with Gasteiger partial charge < -0.3 is 14.8 Å². The Bertz CT molecular complexity index is 765. The number of hydrogen-bond donors (Lipinski definition) is 1. The molecule has 29 heavy (non-hydrogen) atoms. The minimum absolute atomic E-state index is 0.242. The Morgan fingerprint density at radius 2 is 1.90 bits per heavy atom. The third-order valence-electron chi connectivity index (χ3n) is 5.66. The molecule has 1 unspecified atom stereocenters. The van der Waals surface area contributed by atoms with Crippen molar-refractivity contribution in [2.45, 2.75) is 71.9 Å². The summed E-state index contributed by atoms with van der Waals surface area (Å²) in [5.41, 5.74) is 1.50. The molecule has 1 aliphatic heterocycles. The third-order valence-corrected chi connectivity index (χ3v) is 7.42. The van der Waals surface area contributed by atoms with E-state index < -0.39 is 45.3 Å². The lowest BCUT2D eigenvalue weighted by atomic mass is 9.84. The largest absolute Gasteiger partial charge is 0.469 e. The van der Waals surface area contributed by atoms with Gasteiger partial charge in [-0.15, -0.1) is 0 Å². The van der Waals surface area contributed by atoms with Crippen LogP contribution in [0.1, 0.15) is 60.3 Å². The SMILES string of the molecule is CCC1=C(N[C@H](C(=O)OC(C)(C)C)[C@H]2CS(=O)(=O)C[C@H]2C(=O)OC)CC(C)CC1. The molecule has 1 N–H and O–H groups in total. The molecule has 0 bridgehead atoms. The van der Waals surface area contributed by atoms with Crippen LogP contribution in [0.5, 0.6) is 0 Å². The van der Waals surface area contributed by atoms with Gasteiger partial charge in [0, 0.05) is 11.6 Å². The van der Waals surface area contributed by atoms with Crippen LogP contribution < -0.4 is 5.32 Å². The van der Waals surface area contributed by atoms with Gasteiger partial charge in [-0.25, -0.2) is 13.2 Å². The van der Waals surface area contributed by atoms with Gasteiger partial charge in [0.25, 0.3) is 0 Å². The number of allylic oxidation sites excluding steroid dienone is 2. The van der Waals surface area contributed by atoms with Gasteiger partial charge in [-0.1, -0.05) is 19.4 Å². The molecule has 2 aliphatic rings. The zero-order chi connectivity index (χ0) is 22.0. The molecular weight excluding hydrogens is 394 g/mol. The molecular formula is C21H35NO6S. The van der Waals surface area contributed by atoms with Gasteiger partial charge in [0.2, 0.25) is 0 Å². The Balaban J connectivity index is 2.42. The summed E-state index contributed by atoms with van der Waals surface area (Å²) in [6.45, 7) is 9.54. The molecule has 1 fully saturated rings. The van der Waals surface area contributed by atoms with Crippen LogP contribution in [0.4, 0.5) is 0 Å². The van der Waals surface area contributed by atoms with Crippen molar-refractivity contribution in [1.29, 1.82) is 0 Å². The predicted molar refractivity (Wildman–Crippen MR) is 111 cm³/mol. The zero-order valence-corrected chi connectivity index (χ0v) is 19.2. The Kier molecular flexibility index (Phi) is 7.41. The van der Waals surface area contributed by atoms with Gasteiger partial charge in [-0.2, -0.15) is 0 Å². The topological polar surface area (TPSA) is 98.8 Å². The number of hydrogen-bond acceptors (Lipinski definition) is 7. The summed E-state index contributed by atoms with van der Waals surface area (Å²) in [6.07, 6.45) is 3.70. The van der Waals surface area contributed by atoms with E-state index in [1.54, 1.807) is 20.8 Å². The summed E-state index contributed by atoms with van der Waals surface area (Å²) in [4.78, 5) is 25.4. The van der Waals surface area contributed by atoms with Crippen molar-refractivity contribution in [3.05, 3.63) is 11.3 Å². The highest BCUT2D eigenvalue weighted by molar-refractivity contribution is 7.91. The standard InChI is InChI=1S/C21H35NO6S/c1-7-14-9-8-13(2)10-17(14)22-18(20(24)28-21(3,4)5)15-11-29(25,26)12-16(15)19(23)27-6/h13,15-16,18,22H,7-12H2,1-6H3/t13?,15-,16+,18-/m0/s1. The number of sulfone groups is 1. The highest BCUT2D eigenvalue weighted by Crippen LogP contribution is 2.34. The van der Waals surface area contributed by atoms with Gasteiger partial charge in [0.05, 0.1) is 24.5 Å². The van der Waals surface area contributed by atoms with Gasteiger partial charge in [-0.3, -0.25) is 4.79 Å². The monoisotopic (exact) mass is 429 g/mol. The van der Waals surface area contributed by atoms with E-state index in [4.69, 9.17) is 9.47 Å². The van der Waals surface area contributed by atoms with Gasteiger partial charge >= 0.3 is 11.9 Å². The molecule has 1 heterocycles. The summed E-state index contributed by atoms with van der Waals surface area (Å²) in [5, 5.41) is 3.33. The van der Waals surface area contributed by atoms with Crippen LogP contribution in [-0.2, 0) is 28.9 Å². The molecule has 0 saturated carbocycles. The van der Waals surface area contributed by atoms with Crippen molar-refractivity contribution in [2.24, 2.45) is 17.8 Å². The van der Waals surface area contributed by atoms with Crippen molar-refractivity contribution in [2.75, 3.05) is 18.6 Å². The third kappa shape index (κ3) is 6.20. The highest BCUT2D eigenvalue weighted by atomic mass is 32.2. The number of carbonyl (C=O) groups is 2. The molecule has 0 aromatic carbocycles. The first-order valence-electron chi connectivity index (χ1n) is 10.4. The van der Waals surface area contributed by atoms with E-state index in [0.29, 0.717) is 5.92 Å². The minimum atomic E-state index is -3.46. The fraction of sp³-hybridized carbons (Fsp3) is 0.810. The minimum Gasteiger partial charge on any atom is -0.469 e. The summed E-state index contributed by atoms with van der Waals surface area (Å²) in [5.74, 6) is -2.83. The number of nitrogens with one attached hydrogen (secondary N) is 1. The van der Waals surface area contributed by atoms with Crippen molar-refractivity contribution in [3.8, 4) is 0 Å². The lowest BCUT2D eigenvalue weighted by Crippen LogP contribution is -2.49. The van der Waals surface area contributed by atoms with Crippen molar-refractivity contribution >= 4 is 21.8 Å². The molecule has 0 spiro atoms. The summed E-state index contributed by atoms with van der Waals surface area (Å²) in [7, 11) is -2.22. The average molecular weight is 430 g/mol. The number of ether oxygens (including phenoxy) is 2. The lowest BCUT2D eigenvalue weighted by Gasteiger charge is -2.33. The first-order valence-corrected chi connectivity index (χ1v) is 12.2. The van der Waals surface area contributed by atoms with Crippen molar-refractivity contribution < 1.29 is 27.5 Å². The van der Waals surface area contributed by atoms with E-state index >= 15 is 0 Å². The normalized spacial score (nSPS) is 28.0. The maximum absolute atomic E-state index is 13.1. The van der Waals surface area contributed by atoms with Crippen LogP contribution in [0.15, 0.2) is 11.3 Å². The highest BCUT2D eigenvalue weighted by Gasteiger charge is 2.49. The lowest BCUT2D eigenvalue weighted by molar-refractivity contribution is -0.160. The van der Waals surface area contributed by atoms with E-state index in [-0.39, 0.29) is 11.5 Å². The first-order chi connectivity index (χ1) is 13.4. The molecule has 4 atom stereocenters. The molecule has 0 amide bonds. The van der Waals surface area contributed by atoms with E-state index in [2.05, 4.69) is 19.2 Å². The zero-order valence-electron chi connectivity index (χ0n) is 18.4. The maximum Gasteiger partial charge on any atom is 0.329 e. The van der Waals surface area contributed by atoms with Crippen LogP contribution in [-0.4, -0.2) is 50.6 Å². The number of rotatable bonds is 6. The van der Waals surface area contributed by atoms with Gasteiger partial charge in [-0.05, 0) is 52.4 Å². The van der Waals surface area contributed by atoms with Crippen LogP contribution >= 0.6 is 0 Å². The Hall–Kier alpha value is -1.57. The number of carbonyl (C=O) groups excluding carboxylic acids is 2. The van der Waals surface area contributed by atoms with Crippen LogP contribution in [0.2, 0.25) is 0 Å². The molecule has 0 radical (unpaired) electrons. The Morgan fingerprint density at radius 3 is 2.45 bits per heavy atom. The van der Waals surface area contributed by atoms with Crippen LogP contribution in [0.25, 0.3) is 0 Å². The molecule has 2 rings (SSSR count). The second kappa shape index (κ2) is 9.06. The van der Waals surface area contributed by atoms with E-state index in [1.807, 2.05) is 0 Å². The molecule has 1 saturated heterocycles. The molecule has 1 aliphatic carbocycles. The number of esters is 2. The first kappa shape index (κ1) is 23.7. The second-order valence-electron chi connectivity index (χ2n) is 9.31. The summed E-state index contributed by atoms with van der Waals surface area (Å²) < 4.78 is 35.1. The summed E-state index contributed by atoms with van der Waals surface area (Å²) in [6, 6.07) is -0.919.